The molecular weight excluding hydrogens is 340 g/mol. The van der Waals surface area contributed by atoms with Crippen LogP contribution in [0.2, 0.25) is 13.1 Å². The van der Waals surface area contributed by atoms with E-state index in [-0.39, 0.29) is 0 Å². The van der Waals surface area contributed by atoms with Gasteiger partial charge in [-0.25, -0.2) is 0 Å². The second-order valence-electron chi connectivity index (χ2n) is 5.39. The van der Waals surface area contributed by atoms with E-state index in [2.05, 4.69) is 37.4 Å². The van der Waals surface area contributed by atoms with Gasteiger partial charge in [0, 0.05) is 14.2 Å². The Morgan fingerprint density at radius 3 is 1.48 bits per heavy atom. The van der Waals surface area contributed by atoms with E-state index in [1.54, 1.807) is 14.2 Å². The Bertz CT molecular complexity index is 537. The van der Waals surface area contributed by atoms with Gasteiger partial charge in [-0.1, -0.05) is 60.7 Å². The summed E-state index contributed by atoms with van der Waals surface area (Å²) in [6, 6.07) is 20.4. The first-order valence-electron chi connectivity index (χ1n) is 7.64. The molecule has 0 aromatic heterocycles. The fraction of sp³-hybridized carbons (Fsp3) is 0.250. The molecule has 124 valence electrons. The summed E-state index contributed by atoms with van der Waals surface area (Å²) in [6.07, 6.45) is 0. The molecule has 2 aromatic carbocycles. The maximum absolute atomic E-state index is 6.57. The normalized spacial score (nSPS) is 12.1. The summed E-state index contributed by atoms with van der Waals surface area (Å²) in [4.78, 5) is 0. The summed E-state index contributed by atoms with van der Waals surface area (Å²) in [6.45, 7) is 4.32. The molecule has 23 heavy (non-hydrogen) atoms. The van der Waals surface area contributed by atoms with Crippen LogP contribution in [-0.2, 0) is 17.1 Å². The Kier molecular flexibility index (Phi) is 6.90. The second-order valence-corrected chi connectivity index (χ2v) is 13.3. The monoisotopic (exact) mass is 364 g/mol. The van der Waals surface area contributed by atoms with Crippen molar-refractivity contribution >= 4 is 37.5 Å². The van der Waals surface area contributed by atoms with E-state index in [0.29, 0.717) is 0 Å². The lowest BCUT2D eigenvalue weighted by Gasteiger charge is -2.35. The van der Waals surface area contributed by atoms with Crippen molar-refractivity contribution in [3.63, 3.8) is 0 Å². The average Bonchev–Trinajstić information content (AvgIpc) is 2.60. The number of hydrogen-bond donors (Lipinski definition) is 0. The van der Waals surface area contributed by atoms with Gasteiger partial charge in [-0.3, -0.25) is 0 Å². The van der Waals surface area contributed by atoms with Gasteiger partial charge in [0.1, 0.15) is 0 Å². The molecule has 0 aliphatic heterocycles. The minimum absolute atomic E-state index is 1.08. The van der Waals surface area contributed by atoms with E-state index in [9.17, 15) is 0 Å². The lowest BCUT2D eigenvalue weighted by molar-refractivity contribution is 0.189. The predicted octanol–water partition coefficient (Wildman–Crippen LogP) is 1.27. The van der Waals surface area contributed by atoms with Crippen LogP contribution in [0.25, 0.3) is 0 Å². The molecule has 0 spiro atoms. The van der Waals surface area contributed by atoms with E-state index in [0.717, 1.165) is 10.4 Å². The minimum Gasteiger partial charge on any atom is -0.433 e. The highest BCUT2D eigenvalue weighted by atomic mass is 28.5. The van der Waals surface area contributed by atoms with Crippen LogP contribution in [0.4, 0.5) is 0 Å². The van der Waals surface area contributed by atoms with Crippen LogP contribution in [-0.4, -0.2) is 41.3 Å². The molecule has 4 nitrogen and oxygen atoms in total. The van der Waals surface area contributed by atoms with Gasteiger partial charge in [0.15, 0.2) is 9.04 Å². The highest BCUT2D eigenvalue weighted by Crippen LogP contribution is 2.13. The molecule has 0 N–H and O–H groups in total. The van der Waals surface area contributed by atoms with Crippen molar-refractivity contribution in [2.75, 3.05) is 14.2 Å². The molecule has 0 bridgehead atoms. The quantitative estimate of drug-likeness (QED) is 0.661. The molecule has 0 fully saturated rings. The highest BCUT2D eigenvalue weighted by molar-refractivity contribution is 6.98. The van der Waals surface area contributed by atoms with E-state index in [1.165, 1.54) is 0 Å². The Balaban J connectivity index is 2.58. The summed E-state index contributed by atoms with van der Waals surface area (Å²) in [5.74, 6) is 0. The van der Waals surface area contributed by atoms with Gasteiger partial charge < -0.3 is 17.1 Å². The van der Waals surface area contributed by atoms with Crippen molar-refractivity contribution in [1.29, 1.82) is 0 Å². The van der Waals surface area contributed by atoms with Crippen molar-refractivity contribution in [2.24, 2.45) is 0 Å². The van der Waals surface area contributed by atoms with E-state index in [4.69, 9.17) is 17.1 Å². The van der Waals surface area contributed by atoms with Crippen molar-refractivity contribution < 1.29 is 17.1 Å². The van der Waals surface area contributed by atoms with E-state index < -0.39 is 27.1 Å². The third-order valence-corrected chi connectivity index (χ3v) is 11.6. The zero-order valence-electron chi connectivity index (χ0n) is 14.1. The first-order valence-corrected chi connectivity index (χ1v) is 13.7. The molecule has 0 radical (unpaired) electrons. The second kappa shape index (κ2) is 8.69. The molecule has 0 aliphatic carbocycles. The van der Waals surface area contributed by atoms with Gasteiger partial charge in [0.05, 0.1) is 0 Å². The fourth-order valence-electron chi connectivity index (χ4n) is 2.44. The van der Waals surface area contributed by atoms with Crippen molar-refractivity contribution in [1.82, 2.24) is 0 Å². The molecule has 0 saturated heterocycles. The smallest absolute Gasteiger partial charge is 0.433 e. The standard InChI is InChI=1S/C16H24O4Si3/c1-17-22(18-2)20-23(19-21(3)4,15-11-7-5-8-12-15)16-13-9-6-10-14-16/h5-14,21-22H,1-4H3. The first kappa shape index (κ1) is 18.3. The van der Waals surface area contributed by atoms with Crippen molar-refractivity contribution in [3.8, 4) is 0 Å². The maximum atomic E-state index is 6.57. The molecule has 7 heteroatoms. The van der Waals surface area contributed by atoms with Crippen LogP contribution >= 0.6 is 0 Å². The Morgan fingerprint density at radius 1 is 0.696 bits per heavy atom. The third-order valence-electron chi connectivity index (χ3n) is 3.36. The van der Waals surface area contributed by atoms with Gasteiger partial charge in [-0.05, 0) is 23.5 Å². The Hall–Kier alpha value is -1.07. The van der Waals surface area contributed by atoms with Crippen LogP contribution in [0.1, 0.15) is 0 Å². The lowest BCUT2D eigenvalue weighted by Crippen LogP contribution is -2.67. The summed E-state index contributed by atoms with van der Waals surface area (Å²) in [7, 11) is -3.21. The van der Waals surface area contributed by atoms with Crippen LogP contribution in [0.3, 0.4) is 0 Å². The minimum atomic E-state index is -2.84. The zero-order valence-corrected chi connectivity index (χ0v) is 17.4. The summed E-state index contributed by atoms with van der Waals surface area (Å²) < 4.78 is 23.9. The first-order chi connectivity index (χ1) is 11.1. The number of benzene rings is 2. The van der Waals surface area contributed by atoms with Gasteiger partial charge >= 0.3 is 18.1 Å². The Morgan fingerprint density at radius 2 is 1.13 bits per heavy atom. The average molecular weight is 365 g/mol. The maximum Gasteiger partial charge on any atom is 0.475 e. The van der Waals surface area contributed by atoms with Crippen LogP contribution in [0.15, 0.2) is 60.7 Å². The van der Waals surface area contributed by atoms with Crippen LogP contribution in [0, 0.1) is 0 Å². The molecule has 0 heterocycles. The van der Waals surface area contributed by atoms with Crippen molar-refractivity contribution in [2.45, 2.75) is 13.1 Å². The van der Waals surface area contributed by atoms with Gasteiger partial charge in [0.25, 0.3) is 0 Å². The molecular formula is C16H24O4Si3. The largest absolute Gasteiger partial charge is 0.475 e. The van der Waals surface area contributed by atoms with E-state index >= 15 is 0 Å². The van der Waals surface area contributed by atoms with Gasteiger partial charge in [-0.15, -0.1) is 0 Å². The number of hydrogen-bond acceptors (Lipinski definition) is 4. The summed E-state index contributed by atoms with van der Waals surface area (Å²) in [5.41, 5.74) is 0. The van der Waals surface area contributed by atoms with Gasteiger partial charge in [-0.2, -0.15) is 0 Å². The summed E-state index contributed by atoms with van der Waals surface area (Å²) >= 11 is 0. The number of rotatable bonds is 8. The molecule has 2 rings (SSSR count). The zero-order chi connectivity index (χ0) is 16.7. The third kappa shape index (κ3) is 4.48. The van der Waals surface area contributed by atoms with Gasteiger partial charge in [0.2, 0.25) is 0 Å². The summed E-state index contributed by atoms with van der Waals surface area (Å²) in [5, 5.41) is 2.16. The lowest BCUT2D eigenvalue weighted by atomic mass is 10.4. The molecule has 2 aromatic rings. The predicted molar refractivity (Wildman–Crippen MR) is 100 cm³/mol. The SMILES string of the molecule is CO[SiH](OC)O[Si](O[SiH](C)C)(c1ccccc1)c1ccccc1. The molecule has 0 saturated carbocycles. The molecule has 0 unspecified atom stereocenters. The Labute approximate surface area is 142 Å². The van der Waals surface area contributed by atoms with Crippen LogP contribution < -0.4 is 10.4 Å². The molecule has 0 atom stereocenters. The van der Waals surface area contributed by atoms with Crippen LogP contribution in [0.5, 0.6) is 0 Å². The van der Waals surface area contributed by atoms with E-state index in [1.807, 2.05) is 36.4 Å². The molecule has 0 aliphatic rings. The molecule has 0 amide bonds. The highest BCUT2D eigenvalue weighted by Gasteiger charge is 2.45. The fourth-order valence-corrected chi connectivity index (χ4v) is 11.6. The topological polar surface area (TPSA) is 36.9 Å². The van der Waals surface area contributed by atoms with Crippen molar-refractivity contribution in [3.05, 3.63) is 60.7 Å².